The van der Waals surface area contributed by atoms with E-state index in [2.05, 4.69) is 4.90 Å². The lowest BCUT2D eigenvalue weighted by atomic mass is 9.97. The van der Waals surface area contributed by atoms with Gasteiger partial charge in [-0.05, 0) is 47.4 Å². The Balaban J connectivity index is 1.58. The molecule has 3 aromatic rings. The lowest BCUT2D eigenvalue weighted by Crippen LogP contribution is -2.41. The predicted molar refractivity (Wildman–Crippen MR) is 121 cm³/mol. The molecule has 3 aromatic carbocycles. The van der Waals surface area contributed by atoms with Gasteiger partial charge in [0, 0.05) is 25.2 Å². The molecule has 0 saturated carbocycles. The van der Waals surface area contributed by atoms with E-state index in [0.717, 1.165) is 47.8 Å². The Morgan fingerprint density at radius 1 is 1.03 bits per heavy atom. The number of hydrogen-bond donors (Lipinski definition) is 3. The first-order chi connectivity index (χ1) is 15.0. The summed E-state index contributed by atoms with van der Waals surface area (Å²) >= 11 is 0. The summed E-state index contributed by atoms with van der Waals surface area (Å²) in [5.74, 6) is 1.14. The van der Waals surface area contributed by atoms with E-state index >= 15 is 0 Å². The zero-order chi connectivity index (χ0) is 21.8. The van der Waals surface area contributed by atoms with E-state index in [-0.39, 0.29) is 18.5 Å². The van der Waals surface area contributed by atoms with Crippen molar-refractivity contribution >= 4 is 10.8 Å². The molecule has 3 N–H and O–H groups in total. The molecule has 0 aromatic heterocycles. The number of likely N-dealkylation sites (tertiary alicyclic amines) is 1. The van der Waals surface area contributed by atoms with Crippen molar-refractivity contribution in [2.75, 3.05) is 33.4 Å². The van der Waals surface area contributed by atoms with Crippen LogP contribution in [0.5, 0.6) is 17.2 Å². The molecule has 0 spiro atoms. The van der Waals surface area contributed by atoms with Gasteiger partial charge in [0.1, 0.15) is 18.5 Å². The molecule has 1 unspecified atom stereocenters. The van der Waals surface area contributed by atoms with Crippen molar-refractivity contribution < 1.29 is 24.8 Å². The Morgan fingerprint density at radius 3 is 2.58 bits per heavy atom. The number of piperidine rings is 1. The van der Waals surface area contributed by atoms with Crippen LogP contribution < -0.4 is 9.47 Å². The number of phenols is 1. The van der Waals surface area contributed by atoms with E-state index < -0.39 is 6.10 Å². The Labute approximate surface area is 182 Å². The van der Waals surface area contributed by atoms with Crippen LogP contribution in [0, 0.1) is 0 Å². The van der Waals surface area contributed by atoms with Crippen LogP contribution in [0.25, 0.3) is 21.9 Å². The van der Waals surface area contributed by atoms with Gasteiger partial charge in [0.2, 0.25) is 0 Å². The minimum absolute atomic E-state index is 0.0797. The number of hydrogen-bond acceptors (Lipinski definition) is 6. The van der Waals surface area contributed by atoms with Gasteiger partial charge in [-0.1, -0.05) is 36.4 Å². The third kappa shape index (κ3) is 4.93. The van der Waals surface area contributed by atoms with Crippen molar-refractivity contribution in [1.29, 1.82) is 0 Å². The van der Waals surface area contributed by atoms with Crippen LogP contribution in [0.2, 0.25) is 0 Å². The van der Waals surface area contributed by atoms with Crippen molar-refractivity contribution in [1.82, 2.24) is 4.90 Å². The van der Waals surface area contributed by atoms with Gasteiger partial charge in [-0.3, -0.25) is 0 Å². The van der Waals surface area contributed by atoms with Crippen LogP contribution in [0.3, 0.4) is 0 Å². The fourth-order valence-corrected chi connectivity index (χ4v) is 4.14. The predicted octanol–water partition coefficient (Wildman–Crippen LogP) is 3.42. The number of nitrogens with zero attached hydrogens (tertiary/aromatic N) is 1. The van der Waals surface area contributed by atoms with E-state index in [0.29, 0.717) is 18.0 Å². The van der Waals surface area contributed by atoms with Gasteiger partial charge in [-0.25, -0.2) is 0 Å². The lowest BCUT2D eigenvalue weighted by Gasteiger charge is -2.31. The molecule has 4 rings (SSSR count). The molecule has 0 bridgehead atoms. The van der Waals surface area contributed by atoms with Crippen LogP contribution in [-0.2, 0) is 0 Å². The number of methoxy groups -OCH3 is 1. The second-order valence-electron chi connectivity index (χ2n) is 8.04. The van der Waals surface area contributed by atoms with Crippen molar-refractivity contribution in [3.63, 3.8) is 0 Å². The number of benzene rings is 3. The topological polar surface area (TPSA) is 82.4 Å². The number of aliphatic hydroxyl groups excluding tert-OH is 2. The Kier molecular flexibility index (Phi) is 6.61. The first kappa shape index (κ1) is 21.4. The van der Waals surface area contributed by atoms with Crippen LogP contribution in [0.4, 0.5) is 0 Å². The average molecular weight is 424 g/mol. The molecule has 1 fully saturated rings. The molecule has 164 valence electrons. The smallest absolute Gasteiger partial charge is 0.161 e. The van der Waals surface area contributed by atoms with Crippen LogP contribution in [-0.4, -0.2) is 65.8 Å². The Bertz CT molecular complexity index is 1030. The van der Waals surface area contributed by atoms with Crippen LogP contribution in [0.1, 0.15) is 12.8 Å². The molecular formula is C25H29NO5. The molecule has 1 atom stereocenters. The normalized spacial score (nSPS) is 16.4. The Morgan fingerprint density at radius 2 is 1.81 bits per heavy atom. The molecule has 6 nitrogen and oxygen atoms in total. The SMILES string of the molecule is COc1cc(-c2c(OCC(O)CN3CCC(O)CC3)ccc3ccccc23)ccc1O. The summed E-state index contributed by atoms with van der Waals surface area (Å²) in [5.41, 5.74) is 1.76. The summed E-state index contributed by atoms with van der Waals surface area (Å²) in [6.45, 7) is 2.25. The number of phenolic OH excluding ortho intramolecular Hbond substituents is 1. The molecule has 0 aliphatic carbocycles. The van der Waals surface area contributed by atoms with Gasteiger partial charge >= 0.3 is 0 Å². The highest BCUT2D eigenvalue weighted by atomic mass is 16.5. The van der Waals surface area contributed by atoms with E-state index in [1.165, 1.54) is 7.11 Å². The zero-order valence-corrected chi connectivity index (χ0v) is 17.7. The van der Waals surface area contributed by atoms with Gasteiger partial charge in [-0.15, -0.1) is 0 Å². The van der Waals surface area contributed by atoms with Crippen LogP contribution in [0.15, 0.2) is 54.6 Å². The second-order valence-corrected chi connectivity index (χ2v) is 8.04. The second kappa shape index (κ2) is 9.56. The summed E-state index contributed by atoms with van der Waals surface area (Å²) in [6, 6.07) is 17.2. The summed E-state index contributed by atoms with van der Waals surface area (Å²) in [6.07, 6.45) is 0.618. The van der Waals surface area contributed by atoms with E-state index in [4.69, 9.17) is 9.47 Å². The van der Waals surface area contributed by atoms with Gasteiger partial charge in [-0.2, -0.15) is 0 Å². The van der Waals surface area contributed by atoms with Crippen molar-refractivity contribution in [3.05, 3.63) is 54.6 Å². The third-order valence-electron chi connectivity index (χ3n) is 5.82. The zero-order valence-electron chi connectivity index (χ0n) is 17.7. The molecule has 31 heavy (non-hydrogen) atoms. The first-order valence-electron chi connectivity index (χ1n) is 10.7. The maximum absolute atomic E-state index is 10.5. The van der Waals surface area contributed by atoms with Crippen molar-refractivity contribution in [2.45, 2.75) is 25.0 Å². The van der Waals surface area contributed by atoms with E-state index in [1.54, 1.807) is 12.1 Å². The van der Waals surface area contributed by atoms with Crippen molar-refractivity contribution in [2.24, 2.45) is 0 Å². The van der Waals surface area contributed by atoms with Gasteiger partial charge < -0.3 is 29.7 Å². The monoisotopic (exact) mass is 423 g/mol. The fourth-order valence-electron chi connectivity index (χ4n) is 4.14. The highest BCUT2D eigenvalue weighted by Gasteiger charge is 2.20. The molecule has 6 heteroatoms. The Hall–Kier alpha value is -2.80. The highest BCUT2D eigenvalue weighted by Crippen LogP contribution is 2.40. The number of ether oxygens (including phenoxy) is 2. The van der Waals surface area contributed by atoms with E-state index in [9.17, 15) is 15.3 Å². The molecular weight excluding hydrogens is 394 g/mol. The largest absolute Gasteiger partial charge is 0.504 e. The first-order valence-corrected chi connectivity index (χ1v) is 10.7. The summed E-state index contributed by atoms with van der Waals surface area (Å²) in [4.78, 5) is 2.16. The standard InChI is InChI=1S/C25H29NO5/c1-30-24-14-18(6-8-22(24)29)25-21-5-3-2-4-17(21)7-9-23(25)31-16-20(28)15-26-12-10-19(27)11-13-26/h2-9,14,19-20,27-29H,10-13,15-16H2,1H3. The number of fused-ring (bicyclic) bond motifs is 1. The molecule has 1 heterocycles. The maximum atomic E-state index is 10.5. The third-order valence-corrected chi connectivity index (χ3v) is 5.82. The maximum Gasteiger partial charge on any atom is 0.161 e. The molecule has 1 saturated heterocycles. The summed E-state index contributed by atoms with van der Waals surface area (Å²) in [7, 11) is 1.52. The number of rotatable bonds is 7. The summed E-state index contributed by atoms with van der Waals surface area (Å²) in [5, 5.41) is 32.3. The van der Waals surface area contributed by atoms with E-state index in [1.807, 2.05) is 42.5 Å². The highest BCUT2D eigenvalue weighted by molar-refractivity contribution is 6.00. The number of β-amino-alcohol motifs (C(OH)–C–C–N with tert-alkyl or cyclic N) is 1. The molecule has 1 aliphatic rings. The van der Waals surface area contributed by atoms with Gasteiger partial charge in [0.05, 0.1) is 13.2 Å². The minimum atomic E-state index is -0.635. The molecule has 1 aliphatic heterocycles. The number of aromatic hydroxyl groups is 1. The van der Waals surface area contributed by atoms with Crippen LogP contribution >= 0.6 is 0 Å². The quantitative estimate of drug-likeness (QED) is 0.540. The summed E-state index contributed by atoms with van der Waals surface area (Å²) < 4.78 is 11.4. The number of aliphatic hydroxyl groups is 2. The molecule has 0 amide bonds. The molecule has 0 radical (unpaired) electrons. The van der Waals surface area contributed by atoms with Gasteiger partial charge in [0.15, 0.2) is 11.5 Å². The lowest BCUT2D eigenvalue weighted by molar-refractivity contribution is 0.0339. The van der Waals surface area contributed by atoms with Gasteiger partial charge in [0.25, 0.3) is 0 Å². The van der Waals surface area contributed by atoms with Crippen molar-refractivity contribution in [3.8, 4) is 28.4 Å². The average Bonchev–Trinajstić information content (AvgIpc) is 2.79. The fraction of sp³-hybridized carbons (Fsp3) is 0.360. The minimum Gasteiger partial charge on any atom is -0.504 e.